The van der Waals surface area contributed by atoms with Crippen molar-refractivity contribution in [3.8, 4) is 0 Å². The molecular weight excluding hydrogens is 190 g/mol. The van der Waals surface area contributed by atoms with Gasteiger partial charge in [-0.15, -0.1) is 0 Å². The molecule has 4 nitrogen and oxygen atoms in total. The highest BCUT2D eigenvalue weighted by Gasteiger charge is 2.17. The maximum atomic E-state index is 11.5. The van der Waals surface area contributed by atoms with Gasteiger partial charge < -0.3 is 5.73 Å². The normalized spacial score (nSPS) is 12.1. The van der Waals surface area contributed by atoms with E-state index in [9.17, 15) is 4.79 Å². The standard InChI is InChI=1S/C11H19N3O/c1-8(2)7-14-10(15)6-5-9(13-14)11(3,4)12/h5-6,8H,7,12H2,1-4H3. The maximum Gasteiger partial charge on any atom is 0.266 e. The van der Waals surface area contributed by atoms with Crippen LogP contribution in [0.3, 0.4) is 0 Å². The quantitative estimate of drug-likeness (QED) is 0.810. The molecule has 0 aromatic carbocycles. The Kier molecular flexibility index (Phi) is 3.29. The van der Waals surface area contributed by atoms with Gasteiger partial charge in [0.1, 0.15) is 0 Å². The number of hydrogen-bond acceptors (Lipinski definition) is 3. The van der Waals surface area contributed by atoms with Crippen LogP contribution in [0.15, 0.2) is 16.9 Å². The molecule has 0 aliphatic heterocycles. The second-order valence-corrected chi connectivity index (χ2v) is 4.85. The molecule has 0 aliphatic rings. The minimum Gasteiger partial charge on any atom is -0.321 e. The van der Waals surface area contributed by atoms with Gasteiger partial charge in [-0.25, -0.2) is 4.68 Å². The average Bonchev–Trinajstić information content (AvgIpc) is 2.06. The van der Waals surface area contributed by atoms with Crippen molar-refractivity contribution in [1.29, 1.82) is 0 Å². The van der Waals surface area contributed by atoms with E-state index < -0.39 is 5.54 Å². The van der Waals surface area contributed by atoms with E-state index in [4.69, 9.17) is 5.73 Å². The highest BCUT2D eigenvalue weighted by Crippen LogP contribution is 2.11. The lowest BCUT2D eigenvalue weighted by Crippen LogP contribution is -2.34. The van der Waals surface area contributed by atoms with Crippen molar-refractivity contribution in [2.75, 3.05) is 0 Å². The van der Waals surface area contributed by atoms with E-state index in [0.717, 1.165) is 5.69 Å². The molecule has 0 spiro atoms. The molecule has 4 heteroatoms. The highest BCUT2D eigenvalue weighted by atomic mass is 16.1. The Morgan fingerprint density at radius 2 is 2.07 bits per heavy atom. The first-order chi connectivity index (χ1) is 6.80. The van der Waals surface area contributed by atoms with Crippen LogP contribution in [0.5, 0.6) is 0 Å². The second-order valence-electron chi connectivity index (χ2n) is 4.85. The first-order valence-electron chi connectivity index (χ1n) is 5.18. The Hall–Kier alpha value is -1.16. The number of nitrogens with zero attached hydrogens (tertiary/aromatic N) is 2. The molecule has 2 N–H and O–H groups in total. The number of aromatic nitrogens is 2. The summed E-state index contributed by atoms with van der Waals surface area (Å²) in [6.07, 6.45) is 0. The third-order valence-electron chi connectivity index (χ3n) is 2.06. The predicted molar refractivity (Wildman–Crippen MR) is 60.5 cm³/mol. The molecular formula is C11H19N3O. The van der Waals surface area contributed by atoms with Crippen LogP contribution in [-0.4, -0.2) is 9.78 Å². The fourth-order valence-electron chi connectivity index (χ4n) is 1.27. The van der Waals surface area contributed by atoms with Gasteiger partial charge in [-0.1, -0.05) is 13.8 Å². The first kappa shape index (κ1) is 11.9. The SMILES string of the molecule is CC(C)Cn1nc(C(C)(C)N)ccc1=O. The van der Waals surface area contributed by atoms with Crippen molar-refractivity contribution in [2.24, 2.45) is 11.7 Å². The molecule has 1 aromatic rings. The van der Waals surface area contributed by atoms with E-state index in [0.29, 0.717) is 12.5 Å². The van der Waals surface area contributed by atoms with Crippen molar-refractivity contribution >= 4 is 0 Å². The topological polar surface area (TPSA) is 60.9 Å². The van der Waals surface area contributed by atoms with Gasteiger partial charge in [-0.2, -0.15) is 5.10 Å². The van der Waals surface area contributed by atoms with E-state index in [1.54, 1.807) is 6.07 Å². The van der Waals surface area contributed by atoms with Crippen molar-refractivity contribution in [3.63, 3.8) is 0 Å². The first-order valence-corrected chi connectivity index (χ1v) is 5.18. The Labute approximate surface area is 90.1 Å². The maximum absolute atomic E-state index is 11.5. The molecule has 0 radical (unpaired) electrons. The van der Waals surface area contributed by atoms with Gasteiger partial charge in [-0.05, 0) is 25.8 Å². The summed E-state index contributed by atoms with van der Waals surface area (Å²) in [7, 11) is 0. The van der Waals surface area contributed by atoms with Crippen molar-refractivity contribution < 1.29 is 0 Å². The fourth-order valence-corrected chi connectivity index (χ4v) is 1.27. The van der Waals surface area contributed by atoms with E-state index in [2.05, 4.69) is 5.10 Å². The zero-order valence-corrected chi connectivity index (χ0v) is 9.82. The van der Waals surface area contributed by atoms with Crippen LogP contribution in [0, 0.1) is 5.92 Å². The molecule has 0 fully saturated rings. The van der Waals surface area contributed by atoms with E-state index >= 15 is 0 Å². The van der Waals surface area contributed by atoms with Gasteiger partial charge in [0, 0.05) is 12.6 Å². The smallest absolute Gasteiger partial charge is 0.266 e. The van der Waals surface area contributed by atoms with E-state index in [1.807, 2.05) is 27.7 Å². The summed E-state index contributed by atoms with van der Waals surface area (Å²) in [6.45, 7) is 8.48. The summed E-state index contributed by atoms with van der Waals surface area (Å²) < 4.78 is 1.48. The third-order valence-corrected chi connectivity index (χ3v) is 2.06. The Morgan fingerprint density at radius 1 is 1.47 bits per heavy atom. The molecule has 0 unspecified atom stereocenters. The van der Waals surface area contributed by atoms with Gasteiger partial charge in [-0.3, -0.25) is 4.79 Å². The molecule has 0 aliphatic carbocycles. The Balaban J connectivity index is 3.11. The largest absolute Gasteiger partial charge is 0.321 e. The zero-order chi connectivity index (χ0) is 11.6. The molecule has 1 rings (SSSR count). The summed E-state index contributed by atoms with van der Waals surface area (Å²) in [5.41, 5.74) is 6.09. The summed E-state index contributed by atoms with van der Waals surface area (Å²) in [4.78, 5) is 11.5. The number of hydrogen-bond donors (Lipinski definition) is 1. The molecule has 0 atom stereocenters. The van der Waals surface area contributed by atoms with Gasteiger partial charge >= 0.3 is 0 Å². The van der Waals surface area contributed by atoms with Crippen LogP contribution >= 0.6 is 0 Å². The second kappa shape index (κ2) is 4.14. The third kappa shape index (κ3) is 3.16. The summed E-state index contributed by atoms with van der Waals surface area (Å²) in [5, 5.41) is 4.26. The molecule has 0 saturated heterocycles. The van der Waals surface area contributed by atoms with Crippen LogP contribution in [0.25, 0.3) is 0 Å². The highest BCUT2D eigenvalue weighted by molar-refractivity contribution is 5.10. The van der Waals surface area contributed by atoms with Gasteiger partial charge in [0.15, 0.2) is 0 Å². The minimum atomic E-state index is -0.508. The van der Waals surface area contributed by atoms with Crippen molar-refractivity contribution in [2.45, 2.75) is 39.8 Å². The van der Waals surface area contributed by atoms with Gasteiger partial charge in [0.25, 0.3) is 5.56 Å². The molecule has 0 bridgehead atoms. The average molecular weight is 209 g/mol. The molecule has 0 amide bonds. The molecule has 84 valence electrons. The van der Waals surface area contributed by atoms with Crippen LogP contribution in [0.2, 0.25) is 0 Å². The molecule has 1 heterocycles. The predicted octanol–water partition coefficient (Wildman–Crippen LogP) is 1.09. The number of rotatable bonds is 3. The van der Waals surface area contributed by atoms with Crippen LogP contribution in [0.4, 0.5) is 0 Å². The lowest BCUT2D eigenvalue weighted by Gasteiger charge is -2.19. The minimum absolute atomic E-state index is 0.0725. The van der Waals surface area contributed by atoms with Crippen molar-refractivity contribution in [1.82, 2.24) is 9.78 Å². The Morgan fingerprint density at radius 3 is 2.53 bits per heavy atom. The van der Waals surface area contributed by atoms with Crippen LogP contribution in [-0.2, 0) is 12.1 Å². The summed E-state index contributed by atoms with van der Waals surface area (Å²) in [6, 6.07) is 3.22. The van der Waals surface area contributed by atoms with Crippen LogP contribution in [0.1, 0.15) is 33.4 Å². The Bertz CT molecular complexity index is 388. The molecule has 15 heavy (non-hydrogen) atoms. The number of nitrogens with two attached hydrogens (primary N) is 1. The molecule has 0 saturated carbocycles. The van der Waals surface area contributed by atoms with E-state index in [1.165, 1.54) is 10.7 Å². The summed E-state index contributed by atoms with van der Waals surface area (Å²) >= 11 is 0. The lowest BCUT2D eigenvalue weighted by atomic mass is 10.0. The van der Waals surface area contributed by atoms with Crippen LogP contribution < -0.4 is 11.3 Å². The van der Waals surface area contributed by atoms with Gasteiger partial charge in [0.2, 0.25) is 0 Å². The zero-order valence-electron chi connectivity index (χ0n) is 9.82. The summed E-state index contributed by atoms with van der Waals surface area (Å²) in [5.74, 6) is 0.395. The lowest BCUT2D eigenvalue weighted by molar-refractivity contribution is 0.432. The fraction of sp³-hybridized carbons (Fsp3) is 0.636. The molecule has 1 aromatic heterocycles. The van der Waals surface area contributed by atoms with Gasteiger partial charge in [0.05, 0.1) is 11.2 Å². The van der Waals surface area contributed by atoms with Crippen molar-refractivity contribution in [3.05, 3.63) is 28.2 Å². The van der Waals surface area contributed by atoms with E-state index in [-0.39, 0.29) is 5.56 Å². The monoisotopic (exact) mass is 209 g/mol.